The average Bonchev–Trinajstić information content (AvgIpc) is 3.15. The minimum absolute atomic E-state index is 0.0885. The number of nitrogens with zero attached hydrogens (tertiary/aromatic N) is 5. The van der Waals surface area contributed by atoms with Crippen LogP contribution in [-0.4, -0.2) is 24.1 Å². The highest BCUT2D eigenvalue weighted by Gasteiger charge is 2.17. The molecule has 0 saturated carbocycles. The van der Waals surface area contributed by atoms with Crippen LogP contribution in [0.5, 0.6) is 0 Å². The number of hydrogen-bond donors (Lipinski definition) is 0. The molecule has 3 heterocycles. The topological polar surface area (TPSA) is 65.1 Å². The van der Waals surface area contributed by atoms with Gasteiger partial charge in [0.15, 0.2) is 11.0 Å². The summed E-state index contributed by atoms with van der Waals surface area (Å²) in [6.45, 7) is 11.0. The fourth-order valence-electron chi connectivity index (χ4n) is 3.36. The van der Waals surface area contributed by atoms with Crippen LogP contribution in [0, 0.1) is 0 Å². The molecule has 0 saturated heterocycles. The van der Waals surface area contributed by atoms with Gasteiger partial charge in [0.2, 0.25) is 0 Å². The van der Waals surface area contributed by atoms with Gasteiger partial charge in [-0.15, -0.1) is 16.8 Å². The van der Waals surface area contributed by atoms with Crippen LogP contribution < -0.4 is 5.56 Å². The number of thioether (sulfide) groups is 1. The van der Waals surface area contributed by atoms with Crippen molar-refractivity contribution in [3.8, 4) is 11.4 Å². The van der Waals surface area contributed by atoms with Gasteiger partial charge in [-0.2, -0.15) is 0 Å². The lowest BCUT2D eigenvalue weighted by Gasteiger charge is -2.19. The van der Waals surface area contributed by atoms with Crippen molar-refractivity contribution in [3.05, 3.63) is 88.0 Å². The predicted octanol–water partition coefficient (Wildman–Crippen LogP) is 5.38. The molecule has 3 aromatic heterocycles. The molecule has 0 amide bonds. The number of fused-ring (bicyclic) bond motifs is 1. The summed E-state index contributed by atoms with van der Waals surface area (Å²) in [5.74, 6) is 1.28. The van der Waals surface area contributed by atoms with E-state index < -0.39 is 0 Å². The molecule has 0 radical (unpaired) electrons. The normalized spacial score (nSPS) is 11.8. The van der Waals surface area contributed by atoms with Gasteiger partial charge in [-0.25, -0.2) is 4.98 Å². The van der Waals surface area contributed by atoms with Crippen molar-refractivity contribution in [2.75, 3.05) is 0 Å². The zero-order chi connectivity index (χ0) is 22.9. The Hall–Kier alpha value is -2.90. The summed E-state index contributed by atoms with van der Waals surface area (Å²) in [5, 5.41) is 10.1. The third kappa shape index (κ3) is 4.64. The molecule has 0 bridgehead atoms. The van der Waals surface area contributed by atoms with Crippen LogP contribution in [-0.2, 0) is 17.7 Å². The lowest BCUT2D eigenvalue weighted by atomic mass is 9.87. The zero-order valence-corrected chi connectivity index (χ0v) is 19.8. The summed E-state index contributed by atoms with van der Waals surface area (Å²) >= 11 is 7.47. The van der Waals surface area contributed by atoms with E-state index in [-0.39, 0.29) is 11.0 Å². The Kier molecular flexibility index (Phi) is 6.22. The van der Waals surface area contributed by atoms with Crippen LogP contribution in [0.2, 0.25) is 5.02 Å². The standard InChI is InChI=1S/C24H24ClN5OS/c1-5-12-29-22(16-6-8-17(9-7-16)24(2,3)4)27-28-23(29)32-15-19-13-21(31)30-14-18(25)10-11-20(30)26-19/h5-11,13-14H,1,12,15H2,2-4H3. The first-order valence-electron chi connectivity index (χ1n) is 10.2. The Morgan fingerprint density at radius 3 is 2.56 bits per heavy atom. The maximum Gasteiger partial charge on any atom is 0.258 e. The van der Waals surface area contributed by atoms with E-state index in [1.54, 1.807) is 18.3 Å². The maximum atomic E-state index is 12.4. The molecule has 0 unspecified atom stereocenters. The molecular formula is C24H24ClN5OS. The second kappa shape index (κ2) is 8.92. The molecule has 0 spiro atoms. The Bertz CT molecular complexity index is 1340. The van der Waals surface area contributed by atoms with E-state index >= 15 is 0 Å². The monoisotopic (exact) mass is 465 g/mol. The number of allylic oxidation sites excluding steroid dienone is 1. The van der Waals surface area contributed by atoms with Crippen LogP contribution in [0.1, 0.15) is 32.0 Å². The molecule has 4 aromatic rings. The molecule has 0 N–H and O–H groups in total. The van der Waals surface area contributed by atoms with Crippen molar-refractivity contribution in [3.63, 3.8) is 0 Å². The van der Waals surface area contributed by atoms with Gasteiger partial charge >= 0.3 is 0 Å². The Labute approximate surface area is 196 Å². The lowest BCUT2D eigenvalue weighted by molar-refractivity contribution is 0.590. The quantitative estimate of drug-likeness (QED) is 0.282. The molecular weight excluding hydrogens is 442 g/mol. The fourth-order valence-corrected chi connectivity index (χ4v) is 4.36. The number of pyridine rings is 1. The lowest BCUT2D eigenvalue weighted by Crippen LogP contribution is -2.15. The number of aromatic nitrogens is 5. The highest BCUT2D eigenvalue weighted by Crippen LogP contribution is 2.28. The van der Waals surface area contributed by atoms with Crippen molar-refractivity contribution in [1.29, 1.82) is 0 Å². The second-order valence-electron chi connectivity index (χ2n) is 8.48. The molecule has 0 aliphatic carbocycles. The second-order valence-corrected chi connectivity index (χ2v) is 9.86. The van der Waals surface area contributed by atoms with Crippen molar-refractivity contribution in [1.82, 2.24) is 24.1 Å². The Morgan fingerprint density at radius 2 is 1.88 bits per heavy atom. The third-order valence-corrected chi connectivity index (χ3v) is 6.29. The van der Waals surface area contributed by atoms with E-state index in [9.17, 15) is 4.79 Å². The molecule has 164 valence electrons. The molecule has 4 rings (SSSR count). The Balaban J connectivity index is 1.60. The summed E-state index contributed by atoms with van der Waals surface area (Å²) in [4.78, 5) is 17.0. The predicted molar refractivity (Wildman–Crippen MR) is 130 cm³/mol. The smallest absolute Gasteiger partial charge is 0.258 e. The molecule has 6 nitrogen and oxygen atoms in total. The first-order valence-corrected chi connectivity index (χ1v) is 11.6. The first kappa shape index (κ1) is 22.3. The van der Waals surface area contributed by atoms with Crippen molar-refractivity contribution >= 4 is 29.0 Å². The zero-order valence-electron chi connectivity index (χ0n) is 18.2. The molecule has 32 heavy (non-hydrogen) atoms. The number of benzene rings is 1. The van der Waals surface area contributed by atoms with Crippen LogP contribution in [0.3, 0.4) is 0 Å². The van der Waals surface area contributed by atoms with Crippen molar-refractivity contribution in [2.24, 2.45) is 0 Å². The number of halogens is 1. The molecule has 0 aliphatic heterocycles. The van der Waals surface area contributed by atoms with E-state index in [0.717, 1.165) is 16.5 Å². The SMILES string of the molecule is C=CCn1c(SCc2cc(=O)n3cc(Cl)ccc3n2)nnc1-c1ccc(C(C)(C)C)cc1. The summed E-state index contributed by atoms with van der Waals surface area (Å²) in [6, 6.07) is 13.4. The van der Waals surface area contributed by atoms with E-state index in [0.29, 0.717) is 28.7 Å². The molecule has 0 fully saturated rings. The largest absolute Gasteiger partial charge is 0.298 e. The Morgan fingerprint density at radius 1 is 1.12 bits per heavy atom. The molecule has 0 atom stereocenters. The van der Waals surface area contributed by atoms with Gasteiger partial charge < -0.3 is 0 Å². The van der Waals surface area contributed by atoms with Crippen molar-refractivity contribution < 1.29 is 0 Å². The van der Waals surface area contributed by atoms with Crippen molar-refractivity contribution in [2.45, 2.75) is 43.6 Å². The number of hydrogen-bond acceptors (Lipinski definition) is 5. The van der Waals surface area contributed by atoms with E-state index in [2.05, 4.69) is 66.8 Å². The molecule has 1 aromatic carbocycles. The fraction of sp³-hybridized carbons (Fsp3) is 0.250. The summed E-state index contributed by atoms with van der Waals surface area (Å²) < 4.78 is 3.47. The summed E-state index contributed by atoms with van der Waals surface area (Å²) in [6.07, 6.45) is 3.39. The van der Waals surface area contributed by atoms with Gasteiger partial charge in [-0.1, -0.05) is 74.5 Å². The third-order valence-electron chi connectivity index (χ3n) is 5.06. The van der Waals surface area contributed by atoms with Crippen LogP contribution in [0.4, 0.5) is 0 Å². The van der Waals surface area contributed by atoms with Gasteiger partial charge in [0.25, 0.3) is 5.56 Å². The van der Waals surface area contributed by atoms with E-state index in [4.69, 9.17) is 11.6 Å². The molecule has 0 aliphatic rings. The van der Waals surface area contributed by atoms with Gasteiger partial charge in [-0.3, -0.25) is 13.8 Å². The van der Waals surface area contributed by atoms with E-state index in [1.807, 2.05) is 10.6 Å². The van der Waals surface area contributed by atoms with Gasteiger partial charge in [-0.05, 0) is 23.1 Å². The summed E-state index contributed by atoms with van der Waals surface area (Å²) in [5.41, 5.74) is 3.42. The van der Waals surface area contributed by atoms with Gasteiger partial charge in [0.05, 0.1) is 10.7 Å². The van der Waals surface area contributed by atoms with Gasteiger partial charge in [0.1, 0.15) is 5.65 Å². The average molecular weight is 466 g/mol. The highest BCUT2D eigenvalue weighted by atomic mass is 35.5. The number of rotatable bonds is 6. The minimum Gasteiger partial charge on any atom is -0.298 e. The first-order chi connectivity index (χ1) is 15.3. The van der Waals surface area contributed by atoms with E-state index in [1.165, 1.54) is 27.8 Å². The van der Waals surface area contributed by atoms with Crippen LogP contribution >= 0.6 is 23.4 Å². The molecule has 8 heteroatoms. The highest BCUT2D eigenvalue weighted by molar-refractivity contribution is 7.98. The van der Waals surface area contributed by atoms with Crippen LogP contribution in [0.15, 0.2) is 71.3 Å². The maximum absolute atomic E-state index is 12.4. The van der Waals surface area contributed by atoms with Gasteiger partial charge in [0, 0.05) is 30.1 Å². The van der Waals surface area contributed by atoms with Crippen LogP contribution in [0.25, 0.3) is 17.0 Å². The summed E-state index contributed by atoms with van der Waals surface area (Å²) in [7, 11) is 0. The minimum atomic E-state index is -0.166.